The first-order chi connectivity index (χ1) is 5.21. The lowest BCUT2D eigenvalue weighted by Crippen LogP contribution is -2.80. The minimum atomic E-state index is -0.610. The van der Waals surface area contributed by atoms with Crippen molar-refractivity contribution in [2.24, 2.45) is 0 Å². The van der Waals surface area contributed by atoms with Gasteiger partial charge < -0.3 is 0 Å². The third-order valence-electron chi connectivity index (χ3n) is 4.99. The largest absolute Gasteiger partial charge is 0.0740 e. The summed E-state index contributed by atoms with van der Waals surface area (Å²) in [6, 6.07) is 0. The van der Waals surface area contributed by atoms with Gasteiger partial charge in [0.1, 0.15) is 0 Å². The van der Waals surface area contributed by atoms with Crippen LogP contribution in [0.25, 0.3) is 0 Å². The van der Waals surface area contributed by atoms with E-state index in [4.69, 9.17) is 0 Å². The van der Waals surface area contributed by atoms with Crippen molar-refractivity contribution < 1.29 is 0 Å². The molecule has 0 aromatic rings. The Kier molecular flexibility index (Phi) is 2.99. The molecule has 12 heavy (non-hydrogen) atoms. The highest BCUT2D eigenvalue weighted by molar-refractivity contribution is 7.98. The van der Waals surface area contributed by atoms with Gasteiger partial charge in [-0.25, -0.2) is 0 Å². The molecule has 6 heteroatoms. The number of hydrogen-bond donors (Lipinski definition) is 0. The first-order valence-corrected chi connectivity index (χ1v) is 28.9. The maximum atomic E-state index is 2.79. The molecule has 0 N–H and O–H groups in total. The molecule has 0 spiro atoms. The van der Waals surface area contributed by atoms with E-state index >= 15 is 0 Å². The first kappa shape index (κ1) is 11.4. The minimum absolute atomic E-state index is 0.518. The zero-order chi connectivity index (χ0) is 9.62. The Hall–Kier alpha value is 1.30. The van der Waals surface area contributed by atoms with Gasteiger partial charge in [0.15, 0.2) is 0 Å². The molecule has 0 aliphatic carbocycles. The normalized spacial score (nSPS) is 37.5. The molecule has 72 valence electrons. The van der Waals surface area contributed by atoms with Gasteiger partial charge in [-0.3, -0.25) is 0 Å². The van der Waals surface area contributed by atoms with Gasteiger partial charge in [0.05, 0.1) is 0 Å². The quantitative estimate of drug-likeness (QED) is 0.523. The van der Waals surface area contributed by atoms with E-state index in [9.17, 15) is 0 Å². The van der Waals surface area contributed by atoms with E-state index in [1.807, 2.05) is 0 Å². The van der Waals surface area contributed by atoms with Crippen LogP contribution < -0.4 is 0 Å². The van der Waals surface area contributed by atoms with Crippen LogP contribution in [0.1, 0.15) is 0 Å². The van der Waals surface area contributed by atoms with E-state index in [0.717, 1.165) is 0 Å². The van der Waals surface area contributed by atoms with Gasteiger partial charge in [-0.05, 0) is 25.7 Å². The Morgan fingerprint density at radius 3 is 1.25 bits per heavy atom. The lowest BCUT2D eigenvalue weighted by molar-refractivity contribution is 1.84. The zero-order valence-corrected chi connectivity index (χ0v) is 16.9. The van der Waals surface area contributed by atoms with Crippen LogP contribution in [0.4, 0.5) is 0 Å². The summed E-state index contributed by atoms with van der Waals surface area (Å²) in [4.78, 5) is 0. The van der Waals surface area contributed by atoms with Crippen LogP contribution in [0.5, 0.6) is 0 Å². The smallest absolute Gasteiger partial charge is 0.0294 e. The Morgan fingerprint density at radius 1 is 0.667 bits per heavy atom. The molecule has 1 heterocycles. The molecule has 1 aliphatic heterocycles. The van der Waals surface area contributed by atoms with Crippen LogP contribution in [0.2, 0.25) is 39.3 Å². The predicted octanol–water partition coefficient (Wildman–Crippen LogP) is -0.388. The van der Waals surface area contributed by atoms with Crippen molar-refractivity contribution in [3.8, 4) is 0 Å². The standard InChI is InChI=1S/C6H24Si6/c1-10(2)8-7-9-11(3,4)12(10,5)6/h7-9H2,1-6H3. The second kappa shape index (κ2) is 3.16. The van der Waals surface area contributed by atoms with Gasteiger partial charge in [-0.15, -0.1) is 0 Å². The molecule has 0 amide bonds. The van der Waals surface area contributed by atoms with Crippen LogP contribution in [0.3, 0.4) is 0 Å². The van der Waals surface area contributed by atoms with E-state index in [-0.39, 0.29) is 0 Å². The molecule has 0 atom stereocenters. The second-order valence-corrected chi connectivity index (χ2v) is 71.2. The summed E-state index contributed by atoms with van der Waals surface area (Å²) in [6.07, 6.45) is 0. The topological polar surface area (TPSA) is 0 Å². The van der Waals surface area contributed by atoms with Gasteiger partial charge >= 0.3 is 0 Å². The summed E-state index contributed by atoms with van der Waals surface area (Å²) >= 11 is 0. The Morgan fingerprint density at radius 2 is 1.00 bits per heavy atom. The van der Waals surface area contributed by atoms with E-state index in [0.29, 0.717) is 25.7 Å². The van der Waals surface area contributed by atoms with Gasteiger partial charge in [0.25, 0.3) is 0 Å². The van der Waals surface area contributed by atoms with Crippen molar-refractivity contribution in [2.75, 3.05) is 0 Å². The summed E-state index contributed by atoms with van der Waals surface area (Å²) in [6.45, 7) is 16.7. The molecule has 1 rings (SSSR count). The van der Waals surface area contributed by atoms with Crippen LogP contribution in [0, 0.1) is 0 Å². The van der Waals surface area contributed by atoms with Crippen molar-refractivity contribution in [1.82, 2.24) is 0 Å². The molecular formula is C6H24Si6. The number of rotatable bonds is 0. The van der Waals surface area contributed by atoms with Crippen molar-refractivity contribution >= 4 is 47.0 Å². The summed E-state index contributed by atoms with van der Waals surface area (Å²) in [7, 11) is 0.221. The average Bonchev–Trinajstić information content (AvgIpc) is 1.83. The van der Waals surface area contributed by atoms with Crippen molar-refractivity contribution in [2.45, 2.75) is 39.3 Å². The van der Waals surface area contributed by atoms with Gasteiger partial charge in [0, 0.05) is 21.3 Å². The fourth-order valence-corrected chi connectivity index (χ4v) is 250. The molecule has 0 bridgehead atoms. The molecule has 0 unspecified atom stereocenters. The molecule has 1 saturated heterocycles. The molecule has 0 nitrogen and oxygen atoms in total. The van der Waals surface area contributed by atoms with E-state index in [1.54, 1.807) is 0 Å². The van der Waals surface area contributed by atoms with Gasteiger partial charge in [0.2, 0.25) is 0 Å². The summed E-state index contributed by atoms with van der Waals surface area (Å²) in [5.74, 6) is 0. The Labute approximate surface area is 86.2 Å². The highest BCUT2D eigenvalue weighted by atomic mass is 30.1. The van der Waals surface area contributed by atoms with Gasteiger partial charge in [-0.2, -0.15) is 0 Å². The van der Waals surface area contributed by atoms with Crippen LogP contribution in [0.15, 0.2) is 0 Å². The average molecular weight is 265 g/mol. The first-order valence-electron chi connectivity index (χ1n) is 5.21. The van der Waals surface area contributed by atoms with Crippen LogP contribution >= 0.6 is 0 Å². The second-order valence-electron chi connectivity index (χ2n) is 6.25. The maximum Gasteiger partial charge on any atom is 0.0294 e. The minimum Gasteiger partial charge on any atom is -0.0740 e. The SMILES string of the molecule is C[Si]1(C)[SiH2][SiH2][SiH2][Si](C)(C)[Si]1(C)C. The molecule has 1 aliphatic rings. The predicted molar refractivity (Wildman–Crippen MR) is 78.1 cm³/mol. The van der Waals surface area contributed by atoms with Crippen LogP contribution in [-0.2, 0) is 0 Å². The fraction of sp³-hybridized carbons (Fsp3) is 1.00. The summed E-state index contributed by atoms with van der Waals surface area (Å²) in [5.41, 5.74) is 0. The van der Waals surface area contributed by atoms with Crippen molar-refractivity contribution in [3.05, 3.63) is 0 Å². The Balaban J connectivity index is 2.99. The number of hydrogen-bond acceptors (Lipinski definition) is 0. The molecule has 0 aromatic carbocycles. The third kappa shape index (κ3) is 1.61. The zero-order valence-electron chi connectivity index (χ0n) is 9.62. The highest BCUT2D eigenvalue weighted by Crippen LogP contribution is 2.29. The highest BCUT2D eigenvalue weighted by Gasteiger charge is 2.53. The van der Waals surface area contributed by atoms with Crippen molar-refractivity contribution in [3.63, 3.8) is 0 Å². The monoisotopic (exact) mass is 264 g/mol. The molecular weight excluding hydrogens is 241 g/mol. The molecule has 0 aromatic heterocycles. The lowest BCUT2D eigenvalue weighted by Gasteiger charge is -2.52. The molecule has 1 fully saturated rings. The summed E-state index contributed by atoms with van der Waals surface area (Å²) in [5, 5.41) is 0. The van der Waals surface area contributed by atoms with E-state index < -0.39 is 21.3 Å². The molecule has 0 radical (unpaired) electrons. The van der Waals surface area contributed by atoms with Crippen molar-refractivity contribution in [1.29, 1.82) is 0 Å². The van der Waals surface area contributed by atoms with E-state index in [2.05, 4.69) is 39.3 Å². The maximum absolute atomic E-state index is 2.79. The third-order valence-corrected chi connectivity index (χ3v) is 141. The molecule has 0 saturated carbocycles. The van der Waals surface area contributed by atoms with Gasteiger partial charge in [-0.1, -0.05) is 39.3 Å². The Bertz CT molecular complexity index is 166. The lowest BCUT2D eigenvalue weighted by atomic mass is 11.9. The van der Waals surface area contributed by atoms with Crippen LogP contribution in [-0.4, -0.2) is 47.0 Å². The fourth-order valence-electron chi connectivity index (χ4n) is 2.51. The van der Waals surface area contributed by atoms with E-state index in [1.165, 1.54) is 0 Å². The summed E-state index contributed by atoms with van der Waals surface area (Å²) < 4.78 is 0.